The van der Waals surface area contributed by atoms with Crippen LogP contribution in [-0.2, 0) is 0 Å². The maximum atomic E-state index is 13.5. The highest BCUT2D eigenvalue weighted by molar-refractivity contribution is 6.56. The molecule has 0 bridgehead atoms. The molecule has 1 aliphatic heterocycles. The highest BCUT2D eigenvalue weighted by Crippen LogP contribution is 2.48. The minimum atomic E-state index is -1.37. The quantitative estimate of drug-likeness (QED) is 0.0886. The Bertz CT molecular complexity index is 1850. The molecule has 3 aromatic carbocycles. The highest BCUT2D eigenvalue weighted by Gasteiger charge is 2.46. The summed E-state index contributed by atoms with van der Waals surface area (Å²) in [6, 6.07) is 7.89. The normalized spacial score (nSPS) is 15.2. The van der Waals surface area contributed by atoms with Crippen LogP contribution in [0.2, 0.25) is 35.2 Å². The number of fused-ring (bicyclic) bond motifs is 3. The molecule has 0 spiro atoms. The van der Waals surface area contributed by atoms with Gasteiger partial charge in [-0.25, -0.2) is 9.88 Å². The second-order valence-corrected chi connectivity index (χ2v) is 11.7. The van der Waals surface area contributed by atoms with Gasteiger partial charge in [-0.1, -0.05) is 127 Å². The Labute approximate surface area is 288 Å². The fourth-order valence-corrected chi connectivity index (χ4v) is 6.84. The number of ketones is 2. The van der Waals surface area contributed by atoms with Crippen LogP contribution in [0.15, 0.2) is 30.3 Å². The van der Waals surface area contributed by atoms with E-state index < -0.39 is 29.3 Å². The molecular weight excluding hydrogens is 713 g/mol. The van der Waals surface area contributed by atoms with Gasteiger partial charge in [-0.2, -0.15) is 0 Å². The molecule has 1 aromatic heterocycles. The maximum absolute atomic E-state index is 13.5. The number of hydrogen-bond donors (Lipinski definition) is 0. The molecule has 0 fully saturated rings. The molecule has 2 amide bonds. The van der Waals surface area contributed by atoms with Gasteiger partial charge >= 0.3 is 0 Å². The number of halogens is 7. The van der Waals surface area contributed by atoms with E-state index in [1.165, 1.54) is 12.1 Å². The van der Waals surface area contributed by atoms with Gasteiger partial charge in [-0.05, 0) is 24.6 Å². The molecule has 1 unspecified atom stereocenters. The molecule has 228 valence electrons. The van der Waals surface area contributed by atoms with E-state index in [2.05, 4.69) is 4.98 Å². The van der Waals surface area contributed by atoms with E-state index in [-0.39, 0.29) is 74.3 Å². The molecule has 2 heterocycles. The molecule has 13 heteroatoms. The van der Waals surface area contributed by atoms with Crippen molar-refractivity contribution in [3.8, 4) is 0 Å². The summed E-state index contributed by atoms with van der Waals surface area (Å²) in [6.45, 7) is 9.59. The zero-order valence-electron chi connectivity index (χ0n) is 23.6. The van der Waals surface area contributed by atoms with E-state index in [1.54, 1.807) is 25.1 Å². The van der Waals surface area contributed by atoms with Crippen LogP contribution < -0.4 is 4.90 Å². The predicted molar refractivity (Wildman–Crippen MR) is 180 cm³/mol. The molecule has 0 N–H and O–H groups in total. The third-order valence-electron chi connectivity index (χ3n) is 6.92. The number of benzene rings is 3. The monoisotopic (exact) mass is 730 g/mol. The van der Waals surface area contributed by atoms with E-state index in [1.807, 2.05) is 27.7 Å². The van der Waals surface area contributed by atoms with Crippen LogP contribution >= 0.6 is 81.2 Å². The van der Waals surface area contributed by atoms with Gasteiger partial charge in [-0.3, -0.25) is 19.2 Å². The zero-order chi connectivity index (χ0) is 32.9. The number of anilines is 1. The van der Waals surface area contributed by atoms with E-state index in [0.29, 0.717) is 10.9 Å². The molecule has 0 saturated carbocycles. The van der Waals surface area contributed by atoms with Gasteiger partial charge in [0.1, 0.15) is 5.92 Å². The molecule has 6 rings (SSSR count). The number of carbonyl (C=O) groups excluding carboxylic acids is 4. The van der Waals surface area contributed by atoms with E-state index in [9.17, 15) is 19.2 Å². The fraction of sp³-hybridized carbons (Fsp3) is 0.194. The van der Waals surface area contributed by atoms with Crippen molar-refractivity contribution in [3.05, 3.63) is 99.0 Å². The topological polar surface area (TPSA) is 84.4 Å². The lowest BCUT2D eigenvalue weighted by atomic mass is 9.98. The summed E-state index contributed by atoms with van der Waals surface area (Å²) < 4.78 is 0. The molecule has 0 saturated heterocycles. The number of para-hydroxylation sites is 1. The molecule has 1 atom stereocenters. The largest absolute Gasteiger partial charge is 0.293 e. The molecule has 6 nitrogen and oxygen atoms in total. The molecule has 1 aliphatic carbocycles. The molecule has 2 aliphatic rings. The first-order valence-corrected chi connectivity index (χ1v) is 15.9. The summed E-state index contributed by atoms with van der Waals surface area (Å²) >= 11 is 43.8. The summed E-state index contributed by atoms with van der Waals surface area (Å²) in [5, 5.41) is -0.230. The predicted octanol–water partition coefficient (Wildman–Crippen LogP) is 11.1. The Hall–Kier alpha value is -2.42. The molecule has 0 radical (unpaired) electrons. The summed E-state index contributed by atoms with van der Waals surface area (Å²) in [7, 11) is 0. The van der Waals surface area contributed by atoms with Gasteiger partial charge < -0.3 is 0 Å². The lowest BCUT2D eigenvalue weighted by molar-refractivity contribution is 0.0882. The first kappa shape index (κ1) is 34.5. The van der Waals surface area contributed by atoms with Crippen molar-refractivity contribution in [1.82, 2.24) is 4.98 Å². The number of amides is 2. The van der Waals surface area contributed by atoms with Crippen LogP contribution in [0.5, 0.6) is 0 Å². The molecule has 4 aromatic rings. The van der Waals surface area contributed by atoms with Gasteiger partial charge in [0.15, 0.2) is 11.6 Å². The Balaban J connectivity index is 0.00000106. The highest BCUT2D eigenvalue weighted by atomic mass is 35.5. The van der Waals surface area contributed by atoms with Gasteiger partial charge in [0.25, 0.3) is 11.8 Å². The smallest absolute Gasteiger partial charge is 0.267 e. The van der Waals surface area contributed by atoms with Crippen molar-refractivity contribution in [2.45, 2.75) is 40.5 Å². The van der Waals surface area contributed by atoms with Crippen LogP contribution in [-0.4, -0.2) is 28.4 Å². The molecule has 44 heavy (non-hydrogen) atoms. The summed E-state index contributed by atoms with van der Waals surface area (Å²) in [4.78, 5) is 59.4. The van der Waals surface area contributed by atoms with Crippen LogP contribution in [0, 0.1) is 6.92 Å². The third kappa shape index (κ3) is 5.00. The van der Waals surface area contributed by atoms with Crippen molar-refractivity contribution in [2.24, 2.45) is 0 Å². The van der Waals surface area contributed by atoms with Crippen LogP contribution in [0.4, 0.5) is 5.69 Å². The minimum absolute atomic E-state index is 0.0304. The third-order valence-corrected chi connectivity index (χ3v) is 10.1. The van der Waals surface area contributed by atoms with E-state index in [0.717, 1.165) is 4.90 Å². The lowest BCUT2D eigenvalue weighted by Gasteiger charge is -2.17. The SMILES string of the molecule is CC.CC.Cc1c(Cl)c(Cl)c2c(c1Cl)C(=O)C(c1ccc3cccc(N4C(=O)c5c(Cl)c(Cl)c(Cl)c(Cl)c5C4=O)c3n1)C2=O. The van der Waals surface area contributed by atoms with Crippen LogP contribution in [0.3, 0.4) is 0 Å². The minimum Gasteiger partial charge on any atom is -0.293 e. The van der Waals surface area contributed by atoms with Gasteiger partial charge in [-0.15, -0.1) is 0 Å². The number of Topliss-reactive ketones (excluding diaryl/α,β-unsaturated/α-hetero) is 2. The zero-order valence-corrected chi connectivity index (χ0v) is 28.9. The number of aromatic nitrogens is 1. The Kier molecular flexibility index (Phi) is 10.3. The van der Waals surface area contributed by atoms with Crippen molar-refractivity contribution in [3.63, 3.8) is 0 Å². The number of nitrogens with zero attached hydrogens (tertiary/aromatic N) is 2. The average molecular weight is 734 g/mol. The average Bonchev–Trinajstić information content (AvgIpc) is 3.45. The fourth-order valence-electron chi connectivity index (χ4n) is 4.97. The van der Waals surface area contributed by atoms with Crippen LogP contribution in [0.25, 0.3) is 10.9 Å². The number of hydrogen-bond acceptors (Lipinski definition) is 5. The standard InChI is InChI=1S/C27H9Cl7N2O4.2C2H6/c1-7-16(28)12-13(18(30)17(7)29)25(38)11(24(12)37)9-6-5-8-3-2-4-10(23(8)35-9)36-26(39)14-15(27(36)40)20(32)22(34)21(33)19(14)31;2*1-2/h2-6,11H,1H3;2*1-2H3. The van der Waals surface area contributed by atoms with Gasteiger partial charge in [0, 0.05) is 5.39 Å². The summed E-state index contributed by atoms with van der Waals surface area (Å²) in [6.07, 6.45) is 0. The second-order valence-electron chi connectivity index (χ2n) is 9.02. The van der Waals surface area contributed by atoms with E-state index >= 15 is 0 Å². The maximum Gasteiger partial charge on any atom is 0.267 e. The second kappa shape index (κ2) is 13.1. The van der Waals surface area contributed by atoms with Gasteiger partial charge in [0.2, 0.25) is 0 Å². The molecular formula is C31H21Cl7N2O4. The Morgan fingerprint density at radius 1 is 0.591 bits per heavy atom. The van der Waals surface area contributed by atoms with Crippen molar-refractivity contribution < 1.29 is 19.2 Å². The van der Waals surface area contributed by atoms with Crippen molar-refractivity contribution in [1.29, 1.82) is 0 Å². The summed E-state index contributed by atoms with van der Waals surface area (Å²) in [5.41, 5.74) is 0.136. The number of rotatable bonds is 2. The number of carbonyl (C=O) groups is 4. The van der Waals surface area contributed by atoms with Crippen LogP contribution in [0.1, 0.15) is 86.3 Å². The number of pyridine rings is 1. The first-order valence-electron chi connectivity index (χ1n) is 13.3. The Morgan fingerprint density at radius 2 is 1.07 bits per heavy atom. The number of imide groups is 1. The first-order chi connectivity index (χ1) is 20.9. The van der Waals surface area contributed by atoms with Gasteiger partial charge in [0.05, 0.1) is 74.3 Å². The summed E-state index contributed by atoms with van der Waals surface area (Å²) in [5.74, 6) is -4.19. The lowest BCUT2D eigenvalue weighted by Crippen LogP contribution is -2.30. The van der Waals surface area contributed by atoms with Crippen molar-refractivity contribution in [2.75, 3.05) is 4.90 Å². The van der Waals surface area contributed by atoms with Crippen molar-refractivity contribution >= 4 is 121 Å². The van der Waals surface area contributed by atoms with E-state index in [4.69, 9.17) is 81.2 Å². The Morgan fingerprint density at radius 3 is 1.59 bits per heavy atom.